The van der Waals surface area contributed by atoms with Crippen molar-refractivity contribution in [1.82, 2.24) is 24.8 Å². The van der Waals surface area contributed by atoms with Crippen molar-refractivity contribution in [2.24, 2.45) is 5.73 Å². The molecule has 15 heteroatoms. The normalized spacial score (nSPS) is 11.7. The average molecular weight is 539 g/mol. The molecule has 1 unspecified atom stereocenters. The summed E-state index contributed by atoms with van der Waals surface area (Å²) in [5.74, 6) is -0.736. The van der Waals surface area contributed by atoms with E-state index in [1.54, 1.807) is 32.3 Å². The molecule has 4 aromatic rings. The van der Waals surface area contributed by atoms with Gasteiger partial charge in [0.05, 0.1) is 5.75 Å². The van der Waals surface area contributed by atoms with E-state index in [0.29, 0.717) is 11.1 Å². The first-order valence-electron chi connectivity index (χ1n) is 10.8. The van der Waals surface area contributed by atoms with Gasteiger partial charge in [-0.1, -0.05) is 6.07 Å². The molecule has 0 fully saturated rings. The molecule has 0 aliphatic carbocycles. The number of rotatable bonds is 8. The first kappa shape index (κ1) is 26.2. The molecule has 4 rings (SSSR count). The second kappa shape index (κ2) is 10.6. The summed E-state index contributed by atoms with van der Waals surface area (Å²) < 4.78 is 32.1. The Morgan fingerprint density at radius 1 is 1.13 bits per heavy atom. The molecule has 0 aliphatic heterocycles. The molecular weight excluding hydrogens is 516 g/mol. The van der Waals surface area contributed by atoms with Gasteiger partial charge in [0, 0.05) is 37.0 Å². The van der Waals surface area contributed by atoms with Gasteiger partial charge >= 0.3 is 6.01 Å². The van der Waals surface area contributed by atoms with Crippen LogP contribution in [0.5, 0.6) is 23.4 Å². The summed E-state index contributed by atoms with van der Waals surface area (Å²) in [7, 11) is 3.23. The number of nitrogens with two attached hydrogens (primary N) is 2. The van der Waals surface area contributed by atoms with Gasteiger partial charge in [-0.2, -0.15) is 9.97 Å². The van der Waals surface area contributed by atoms with Gasteiger partial charge in [0.15, 0.2) is 22.2 Å². The molecule has 0 radical (unpaired) electrons. The van der Waals surface area contributed by atoms with E-state index in [1.165, 1.54) is 29.2 Å². The molecule has 1 amide bonds. The summed E-state index contributed by atoms with van der Waals surface area (Å²) in [6.07, 6.45) is 0. The fourth-order valence-electron chi connectivity index (χ4n) is 3.32. The number of hydrogen-bond acceptors (Lipinski definition) is 10. The Labute approximate surface area is 217 Å². The Morgan fingerprint density at radius 3 is 2.53 bits per heavy atom. The average Bonchev–Trinajstić information content (AvgIpc) is 2.84. The number of carbonyl (C=O) groups excluding carboxylic acids is 1. The van der Waals surface area contributed by atoms with Crippen LogP contribution >= 0.6 is 0 Å². The zero-order valence-corrected chi connectivity index (χ0v) is 20.9. The zero-order chi connectivity index (χ0) is 27.6. The van der Waals surface area contributed by atoms with Crippen molar-refractivity contribution in [2.75, 3.05) is 19.8 Å². The first-order valence-corrected chi connectivity index (χ1v) is 12.1. The maximum absolute atomic E-state index is 12.5. The van der Waals surface area contributed by atoms with E-state index >= 15 is 0 Å². The number of aromatic amines is 1. The lowest BCUT2D eigenvalue weighted by molar-refractivity contribution is 0.0827. The van der Waals surface area contributed by atoms with Gasteiger partial charge in [-0.05, 0) is 30.3 Å². The fourth-order valence-corrected chi connectivity index (χ4v) is 3.75. The monoisotopic (exact) mass is 538 g/mol. The molecule has 0 spiro atoms. The number of benzene rings is 2. The van der Waals surface area contributed by atoms with E-state index in [4.69, 9.17) is 26.4 Å². The minimum atomic E-state index is -2.33. The van der Waals surface area contributed by atoms with Crippen molar-refractivity contribution in [3.8, 4) is 23.4 Å². The molecule has 14 nitrogen and oxygen atoms in total. The second-order valence-electron chi connectivity index (χ2n) is 8.08. The molecule has 0 aliphatic rings. The van der Waals surface area contributed by atoms with Gasteiger partial charge in [-0.3, -0.25) is 15.0 Å². The van der Waals surface area contributed by atoms with Crippen LogP contribution in [0.2, 0.25) is 0 Å². The highest BCUT2D eigenvalue weighted by molar-refractivity contribution is 7.78. The molecule has 7 N–H and O–H groups in total. The van der Waals surface area contributed by atoms with Crippen LogP contribution in [0.15, 0.2) is 47.3 Å². The number of amidine groups is 1. The lowest BCUT2D eigenvalue weighted by atomic mass is 10.1. The van der Waals surface area contributed by atoms with Gasteiger partial charge < -0.3 is 35.4 Å². The highest BCUT2D eigenvalue weighted by atomic mass is 32.2. The van der Waals surface area contributed by atoms with Crippen molar-refractivity contribution >= 4 is 39.7 Å². The summed E-state index contributed by atoms with van der Waals surface area (Å²) in [4.78, 5) is 41.3. The number of hydrogen-bond donors (Lipinski definition) is 5. The van der Waals surface area contributed by atoms with Crippen molar-refractivity contribution in [1.29, 1.82) is 5.41 Å². The number of fused-ring (bicyclic) bond motifs is 1. The molecule has 2 aromatic carbocycles. The van der Waals surface area contributed by atoms with Crippen molar-refractivity contribution in [2.45, 2.75) is 5.75 Å². The Balaban J connectivity index is 1.80. The van der Waals surface area contributed by atoms with Crippen LogP contribution in [0.3, 0.4) is 0 Å². The van der Waals surface area contributed by atoms with E-state index in [1.807, 2.05) is 0 Å². The van der Waals surface area contributed by atoms with Crippen LogP contribution in [-0.4, -0.2) is 59.4 Å². The summed E-state index contributed by atoms with van der Waals surface area (Å²) in [5, 5.41) is 7.58. The molecule has 0 saturated heterocycles. The van der Waals surface area contributed by atoms with Gasteiger partial charge in [0.2, 0.25) is 0 Å². The number of anilines is 1. The molecule has 38 heavy (non-hydrogen) atoms. The molecule has 1 atom stereocenters. The van der Waals surface area contributed by atoms with Crippen LogP contribution in [0.25, 0.3) is 11.2 Å². The van der Waals surface area contributed by atoms with Gasteiger partial charge in [0.1, 0.15) is 23.0 Å². The molecule has 0 saturated carbocycles. The number of nitrogen functional groups attached to an aromatic ring is 2. The number of H-pyrrole nitrogens is 1. The highest BCUT2D eigenvalue weighted by Crippen LogP contribution is 2.30. The Kier molecular flexibility index (Phi) is 7.31. The molecule has 196 valence electrons. The van der Waals surface area contributed by atoms with E-state index < -0.39 is 22.4 Å². The maximum atomic E-state index is 12.5. The highest BCUT2D eigenvalue weighted by Gasteiger charge is 2.18. The first-order chi connectivity index (χ1) is 18.0. The second-order valence-corrected chi connectivity index (χ2v) is 9.01. The number of aromatic nitrogens is 4. The van der Waals surface area contributed by atoms with E-state index in [0.717, 1.165) is 0 Å². The lowest BCUT2D eigenvalue weighted by Gasteiger charge is -2.13. The largest absolute Gasteiger partial charge is 0.437 e. The predicted molar refractivity (Wildman–Crippen MR) is 139 cm³/mol. The maximum Gasteiger partial charge on any atom is 0.327 e. The number of nitrogens with zero attached hydrogens (tertiary/aromatic N) is 4. The van der Waals surface area contributed by atoms with E-state index in [9.17, 15) is 18.4 Å². The van der Waals surface area contributed by atoms with Crippen LogP contribution in [0.4, 0.5) is 5.69 Å². The number of carbonyl (C=O) groups is 1. The van der Waals surface area contributed by atoms with Crippen LogP contribution in [0.1, 0.15) is 21.6 Å². The quantitative estimate of drug-likeness (QED) is 0.0937. The Morgan fingerprint density at radius 2 is 1.87 bits per heavy atom. The number of nitrogens with one attached hydrogen (secondary N) is 2. The SMILES string of the molecule is CN(C)C(=O)c1cccc(Oc2nc(Oc3ccc(C(=N)N)c(N)c3)c3[nH]c(=O)c(CS(=O)O)nc3n2)c1. The Hall–Kier alpha value is -4.89. The summed E-state index contributed by atoms with van der Waals surface area (Å²) in [5.41, 5.74) is 11.2. The van der Waals surface area contributed by atoms with Crippen LogP contribution in [0, 0.1) is 5.41 Å². The van der Waals surface area contributed by atoms with Crippen molar-refractivity contribution in [3.63, 3.8) is 0 Å². The minimum Gasteiger partial charge on any atom is -0.437 e. The molecule has 2 heterocycles. The van der Waals surface area contributed by atoms with Crippen LogP contribution in [-0.2, 0) is 16.8 Å². The minimum absolute atomic E-state index is 0.0134. The number of amides is 1. The topological polar surface area (TPSA) is 223 Å². The van der Waals surface area contributed by atoms with Gasteiger partial charge in [-0.25, -0.2) is 9.19 Å². The fraction of sp³-hybridized carbons (Fsp3) is 0.130. The van der Waals surface area contributed by atoms with E-state index in [2.05, 4.69) is 19.9 Å². The van der Waals surface area contributed by atoms with Crippen LogP contribution < -0.4 is 26.5 Å². The molecular formula is C23H22N8O6S. The molecule has 0 bridgehead atoms. The summed E-state index contributed by atoms with van der Waals surface area (Å²) >= 11 is -2.33. The summed E-state index contributed by atoms with van der Waals surface area (Å²) in [6.45, 7) is 0. The molecule has 2 aromatic heterocycles. The Bertz CT molecular complexity index is 1660. The van der Waals surface area contributed by atoms with Gasteiger partial charge in [0.25, 0.3) is 17.3 Å². The van der Waals surface area contributed by atoms with Gasteiger partial charge in [-0.15, -0.1) is 0 Å². The number of ether oxygens (including phenoxy) is 2. The summed E-state index contributed by atoms with van der Waals surface area (Å²) in [6, 6.07) is 10.5. The smallest absolute Gasteiger partial charge is 0.327 e. The predicted octanol–water partition coefficient (Wildman–Crippen LogP) is 1.59. The third-order valence-electron chi connectivity index (χ3n) is 5.06. The third kappa shape index (κ3) is 5.74. The zero-order valence-electron chi connectivity index (χ0n) is 20.1. The van der Waals surface area contributed by atoms with E-state index in [-0.39, 0.29) is 57.7 Å². The standard InChI is InChI=1S/C23H22N8O6S/c1-31(2)22(33)11-4-3-5-12(8-11)37-23-29-19-17(28-20(32)16(27-19)10-38(34)35)21(30-23)36-13-6-7-14(18(25)26)15(24)9-13/h3-9H,10,24H2,1-2H3,(H3,25,26)(H,28,32)(H,34,35). The third-order valence-corrected chi connectivity index (χ3v) is 5.58. The van der Waals surface area contributed by atoms with Crippen molar-refractivity contribution < 1.29 is 23.0 Å². The lowest BCUT2D eigenvalue weighted by Crippen LogP contribution is -2.21. The van der Waals surface area contributed by atoms with Crippen molar-refractivity contribution in [3.05, 3.63) is 69.6 Å².